The zero-order valence-corrected chi connectivity index (χ0v) is 16.2. The maximum absolute atomic E-state index is 12.3. The normalized spacial score (nSPS) is 12.2. The number of carbonyl (C=O) groups is 4. The molecule has 0 aromatic heterocycles. The van der Waals surface area contributed by atoms with E-state index in [1.165, 1.54) is 42.5 Å². The third-order valence-corrected chi connectivity index (χ3v) is 4.54. The molecule has 2 aromatic rings. The van der Waals surface area contributed by atoms with Gasteiger partial charge in [0, 0.05) is 12.2 Å². The van der Waals surface area contributed by atoms with Crippen molar-refractivity contribution in [2.24, 2.45) is 0 Å². The number of hydrogen-bond donors (Lipinski definition) is 1. The Hall–Kier alpha value is -3.96. The highest BCUT2D eigenvalue weighted by Gasteiger charge is 2.35. The van der Waals surface area contributed by atoms with Crippen molar-refractivity contribution in [2.45, 2.75) is 0 Å². The quantitative estimate of drug-likeness (QED) is 0.433. The van der Waals surface area contributed by atoms with E-state index in [1.807, 2.05) is 6.07 Å². The van der Waals surface area contributed by atoms with Crippen LogP contribution >= 0.6 is 11.6 Å². The van der Waals surface area contributed by atoms with Gasteiger partial charge in [-0.15, -0.1) is 6.58 Å². The predicted octanol–water partition coefficient (Wildman–Crippen LogP) is 2.79. The van der Waals surface area contributed by atoms with Crippen LogP contribution in [0.15, 0.2) is 49.1 Å². The van der Waals surface area contributed by atoms with Crippen molar-refractivity contribution in [2.75, 3.05) is 18.5 Å². The van der Waals surface area contributed by atoms with Crippen LogP contribution in [0.25, 0.3) is 0 Å². The number of nitrogens with one attached hydrogen (secondary N) is 1. The molecule has 9 heteroatoms. The molecule has 0 aliphatic carbocycles. The molecule has 150 valence electrons. The van der Waals surface area contributed by atoms with Crippen LogP contribution in [-0.4, -0.2) is 41.7 Å². The molecular weight excluding hydrogens is 410 g/mol. The Morgan fingerprint density at radius 2 is 1.90 bits per heavy atom. The van der Waals surface area contributed by atoms with Crippen LogP contribution in [0.2, 0.25) is 5.02 Å². The van der Waals surface area contributed by atoms with Crippen LogP contribution in [0.5, 0.6) is 0 Å². The molecule has 0 spiro atoms. The van der Waals surface area contributed by atoms with Gasteiger partial charge in [-0.1, -0.05) is 17.7 Å². The molecule has 1 aliphatic heterocycles. The summed E-state index contributed by atoms with van der Waals surface area (Å²) < 4.78 is 4.97. The van der Waals surface area contributed by atoms with Crippen molar-refractivity contribution in [1.29, 1.82) is 5.26 Å². The summed E-state index contributed by atoms with van der Waals surface area (Å²) in [5.74, 6) is -2.43. The van der Waals surface area contributed by atoms with Gasteiger partial charge in [0.15, 0.2) is 6.61 Å². The molecule has 0 bridgehead atoms. The fourth-order valence-electron chi connectivity index (χ4n) is 2.81. The molecule has 0 unspecified atom stereocenters. The molecule has 1 aliphatic rings. The van der Waals surface area contributed by atoms with Gasteiger partial charge < -0.3 is 10.1 Å². The smallest absolute Gasteiger partial charge is 0.338 e. The lowest BCUT2D eigenvalue weighted by Crippen LogP contribution is -2.29. The molecule has 0 radical (unpaired) electrons. The summed E-state index contributed by atoms with van der Waals surface area (Å²) in [6.07, 6.45) is 1.43. The van der Waals surface area contributed by atoms with Crippen LogP contribution in [0.4, 0.5) is 5.69 Å². The molecule has 1 N–H and O–H groups in total. The summed E-state index contributed by atoms with van der Waals surface area (Å²) in [5.41, 5.74) is 0.910. The Morgan fingerprint density at radius 1 is 1.17 bits per heavy atom. The monoisotopic (exact) mass is 423 g/mol. The van der Waals surface area contributed by atoms with Crippen molar-refractivity contribution < 1.29 is 23.9 Å². The second kappa shape index (κ2) is 8.59. The van der Waals surface area contributed by atoms with E-state index in [1.54, 1.807) is 0 Å². The van der Waals surface area contributed by atoms with E-state index in [-0.39, 0.29) is 33.8 Å². The van der Waals surface area contributed by atoms with Crippen molar-refractivity contribution in [3.05, 3.63) is 76.3 Å². The number of amides is 3. The molecule has 2 aromatic carbocycles. The highest BCUT2D eigenvalue weighted by Crippen LogP contribution is 2.24. The minimum Gasteiger partial charge on any atom is -0.452 e. The van der Waals surface area contributed by atoms with E-state index in [9.17, 15) is 19.2 Å². The topological polar surface area (TPSA) is 117 Å². The summed E-state index contributed by atoms with van der Waals surface area (Å²) in [7, 11) is 0. The number of esters is 1. The zero-order valence-electron chi connectivity index (χ0n) is 15.5. The van der Waals surface area contributed by atoms with Gasteiger partial charge in [-0.3, -0.25) is 19.3 Å². The number of imide groups is 1. The summed E-state index contributed by atoms with van der Waals surface area (Å²) in [6, 6.07) is 10.2. The van der Waals surface area contributed by atoms with E-state index in [4.69, 9.17) is 21.6 Å². The van der Waals surface area contributed by atoms with E-state index in [2.05, 4.69) is 11.9 Å². The van der Waals surface area contributed by atoms with E-state index in [0.717, 1.165) is 4.90 Å². The Bertz CT molecular complexity index is 1140. The summed E-state index contributed by atoms with van der Waals surface area (Å²) in [5, 5.41) is 11.5. The Morgan fingerprint density at radius 3 is 2.57 bits per heavy atom. The van der Waals surface area contributed by atoms with Crippen LogP contribution < -0.4 is 5.32 Å². The third-order valence-electron chi connectivity index (χ3n) is 4.23. The maximum Gasteiger partial charge on any atom is 0.338 e. The molecule has 1 heterocycles. The first-order valence-electron chi connectivity index (χ1n) is 8.63. The number of anilines is 1. The Labute approximate surface area is 176 Å². The number of benzene rings is 2. The van der Waals surface area contributed by atoms with Gasteiger partial charge in [0.2, 0.25) is 0 Å². The first-order valence-corrected chi connectivity index (χ1v) is 9.01. The number of carbonyl (C=O) groups excluding carboxylic acids is 4. The zero-order chi connectivity index (χ0) is 21.8. The van der Waals surface area contributed by atoms with Gasteiger partial charge in [0.25, 0.3) is 17.7 Å². The first kappa shape index (κ1) is 20.8. The Kier molecular flexibility index (Phi) is 5.95. The highest BCUT2D eigenvalue weighted by molar-refractivity contribution is 6.32. The van der Waals surface area contributed by atoms with Crippen LogP contribution in [-0.2, 0) is 9.53 Å². The van der Waals surface area contributed by atoms with Crippen LogP contribution in [0.1, 0.15) is 36.6 Å². The third kappa shape index (κ3) is 4.06. The van der Waals surface area contributed by atoms with Crippen molar-refractivity contribution in [3.63, 3.8) is 0 Å². The SMILES string of the molecule is C=CCN1C(=O)c2ccc(C(=O)OCC(=O)Nc3ccc(C#N)c(Cl)c3)cc2C1=O. The average molecular weight is 424 g/mol. The number of rotatable bonds is 6. The molecular formula is C21H14ClN3O5. The van der Waals surface area contributed by atoms with Crippen molar-refractivity contribution in [1.82, 2.24) is 4.90 Å². The van der Waals surface area contributed by atoms with E-state index in [0.29, 0.717) is 5.69 Å². The predicted molar refractivity (Wildman–Crippen MR) is 107 cm³/mol. The van der Waals surface area contributed by atoms with Gasteiger partial charge in [-0.05, 0) is 36.4 Å². The fraction of sp³-hybridized carbons (Fsp3) is 0.0952. The number of nitrogens with zero attached hydrogens (tertiary/aromatic N) is 2. The molecule has 0 fully saturated rings. The van der Waals surface area contributed by atoms with Gasteiger partial charge in [-0.2, -0.15) is 5.26 Å². The minimum absolute atomic E-state index is 0.0320. The largest absolute Gasteiger partial charge is 0.452 e. The lowest BCUT2D eigenvalue weighted by Gasteiger charge is -2.09. The second-order valence-corrected chi connectivity index (χ2v) is 6.61. The molecule has 3 rings (SSSR count). The summed E-state index contributed by atoms with van der Waals surface area (Å²) >= 11 is 5.90. The number of nitriles is 1. The average Bonchev–Trinajstić information content (AvgIpc) is 2.97. The van der Waals surface area contributed by atoms with Crippen molar-refractivity contribution in [3.8, 4) is 6.07 Å². The molecule has 0 saturated heterocycles. The van der Waals surface area contributed by atoms with Crippen molar-refractivity contribution >= 4 is 41.0 Å². The number of fused-ring (bicyclic) bond motifs is 1. The highest BCUT2D eigenvalue weighted by atomic mass is 35.5. The lowest BCUT2D eigenvalue weighted by molar-refractivity contribution is -0.119. The fourth-order valence-corrected chi connectivity index (χ4v) is 3.03. The molecule has 30 heavy (non-hydrogen) atoms. The lowest BCUT2D eigenvalue weighted by atomic mass is 10.1. The first-order chi connectivity index (χ1) is 14.3. The Balaban J connectivity index is 1.63. The van der Waals surface area contributed by atoms with Gasteiger partial charge in [0.05, 0.1) is 27.3 Å². The van der Waals surface area contributed by atoms with Crippen LogP contribution in [0, 0.1) is 11.3 Å². The number of hydrogen-bond acceptors (Lipinski definition) is 6. The molecule has 8 nitrogen and oxygen atoms in total. The van der Waals surface area contributed by atoms with Gasteiger partial charge in [0.1, 0.15) is 6.07 Å². The van der Waals surface area contributed by atoms with E-state index < -0.39 is 30.3 Å². The van der Waals surface area contributed by atoms with Gasteiger partial charge in [-0.25, -0.2) is 4.79 Å². The molecule has 0 atom stereocenters. The standard InChI is InChI=1S/C21H14ClN3O5/c1-2-7-25-19(27)15-6-4-12(8-16(15)20(25)28)21(29)30-11-18(26)24-14-5-3-13(10-23)17(22)9-14/h2-6,8-9H,1,7,11H2,(H,24,26). The number of ether oxygens (including phenoxy) is 1. The summed E-state index contributed by atoms with van der Waals surface area (Å²) in [4.78, 5) is 49.8. The molecule has 0 saturated carbocycles. The van der Waals surface area contributed by atoms with E-state index >= 15 is 0 Å². The van der Waals surface area contributed by atoms with Crippen LogP contribution in [0.3, 0.4) is 0 Å². The number of halogens is 1. The minimum atomic E-state index is -0.826. The van der Waals surface area contributed by atoms with Gasteiger partial charge >= 0.3 is 5.97 Å². The summed E-state index contributed by atoms with van der Waals surface area (Å²) in [6.45, 7) is 2.99. The maximum atomic E-state index is 12.3. The molecule has 3 amide bonds. The second-order valence-electron chi connectivity index (χ2n) is 6.20.